The maximum atomic E-state index is 2.63. The molecule has 2 aliphatic heterocycles. The largest absolute Gasteiger partial charge is 0.344 e. The maximum absolute atomic E-state index is 2.63. The van der Waals surface area contributed by atoms with Gasteiger partial charge in [0.15, 0.2) is 5.71 Å². The van der Waals surface area contributed by atoms with Crippen LogP contribution in [0.5, 0.6) is 0 Å². The van der Waals surface area contributed by atoms with Crippen molar-refractivity contribution in [2.45, 2.75) is 97.3 Å². The molecule has 0 saturated carbocycles. The number of fused-ring (bicyclic) bond motifs is 6. The molecule has 0 amide bonds. The number of anilines is 1. The molecular weight excluding hydrogens is 719 g/mol. The highest BCUT2D eigenvalue weighted by atomic mass is 127. The number of rotatable bonds is 10. The fraction of sp³-hybridized carbons (Fsp3) is 0.383. The lowest BCUT2D eigenvalue weighted by Crippen LogP contribution is -2.28. The van der Waals surface area contributed by atoms with Crippen LogP contribution in [0.1, 0.15) is 97.6 Å². The molecule has 0 spiro atoms. The Balaban J connectivity index is 1.28. The first-order chi connectivity index (χ1) is 24.2. The first-order valence-corrected chi connectivity index (χ1v) is 20.6. The molecule has 3 aliphatic rings. The van der Waals surface area contributed by atoms with Crippen LogP contribution in [0.4, 0.5) is 11.4 Å². The summed E-state index contributed by atoms with van der Waals surface area (Å²) in [6, 6.07) is 27.2. The van der Waals surface area contributed by atoms with Crippen molar-refractivity contribution in [3.05, 3.63) is 131 Å². The van der Waals surface area contributed by atoms with Gasteiger partial charge in [-0.05, 0) is 102 Å². The van der Waals surface area contributed by atoms with Crippen molar-refractivity contribution in [2.24, 2.45) is 0 Å². The minimum atomic E-state index is -0.0710. The zero-order valence-corrected chi connectivity index (χ0v) is 33.2. The van der Waals surface area contributed by atoms with Gasteiger partial charge in [-0.15, -0.1) is 0 Å². The number of allylic oxidation sites excluding steroid dienone is 8. The number of benzene rings is 4. The molecule has 50 heavy (non-hydrogen) atoms. The molecule has 0 bridgehead atoms. The first kappa shape index (κ1) is 35.0. The standard InChI is InChI=1S/C47H54IN2/c1-7-9-30-49-40-26-22-33-16-11-13-20-37(33)44(40)46(3,4)42(49)28-24-35-18-15-19-36(39(35)32-48)25-29-43-47(5,6)45-38-21-14-12-17-34(38)23-27-41(45)50(43)31-10-8-2/h11-14,16-17,20-29H,7-10,15,18-19,30-32H2,1-6H3/q+1. The summed E-state index contributed by atoms with van der Waals surface area (Å²) in [6.07, 6.45) is 18.2. The Hall–Kier alpha value is -3.44. The molecule has 0 fully saturated rings. The molecule has 0 N–H and O–H groups in total. The third-order valence-electron chi connectivity index (χ3n) is 11.7. The van der Waals surface area contributed by atoms with Crippen LogP contribution >= 0.6 is 22.6 Å². The summed E-state index contributed by atoms with van der Waals surface area (Å²) in [5.41, 5.74) is 13.0. The second kappa shape index (κ2) is 14.3. The van der Waals surface area contributed by atoms with E-state index in [1.165, 1.54) is 104 Å². The van der Waals surface area contributed by atoms with E-state index in [0.29, 0.717) is 0 Å². The lowest BCUT2D eigenvalue weighted by molar-refractivity contribution is -0.438. The van der Waals surface area contributed by atoms with Crippen molar-refractivity contribution in [1.29, 1.82) is 0 Å². The smallest absolute Gasteiger partial charge is 0.210 e. The van der Waals surface area contributed by atoms with Gasteiger partial charge in [0, 0.05) is 51.9 Å². The van der Waals surface area contributed by atoms with Crippen LogP contribution in [0.25, 0.3) is 21.5 Å². The lowest BCUT2D eigenvalue weighted by atomic mass is 9.78. The topological polar surface area (TPSA) is 6.25 Å². The predicted octanol–water partition coefficient (Wildman–Crippen LogP) is 13.0. The molecule has 0 radical (unpaired) electrons. The number of alkyl halides is 1. The molecule has 2 nitrogen and oxygen atoms in total. The second-order valence-electron chi connectivity index (χ2n) is 15.6. The Morgan fingerprint density at radius 2 is 1.42 bits per heavy atom. The Morgan fingerprint density at radius 3 is 2.12 bits per heavy atom. The summed E-state index contributed by atoms with van der Waals surface area (Å²) in [6.45, 7) is 16.5. The van der Waals surface area contributed by atoms with Crippen LogP contribution in [0.15, 0.2) is 120 Å². The summed E-state index contributed by atoms with van der Waals surface area (Å²) in [5.74, 6) is 0. The van der Waals surface area contributed by atoms with E-state index in [4.69, 9.17) is 0 Å². The maximum Gasteiger partial charge on any atom is 0.210 e. The van der Waals surface area contributed by atoms with E-state index >= 15 is 0 Å². The van der Waals surface area contributed by atoms with E-state index in [2.05, 4.69) is 171 Å². The molecule has 0 aromatic heterocycles. The minimum Gasteiger partial charge on any atom is -0.344 e. The van der Waals surface area contributed by atoms with Gasteiger partial charge in [-0.25, -0.2) is 0 Å². The molecule has 1 aliphatic carbocycles. The molecule has 7 rings (SSSR count). The van der Waals surface area contributed by atoms with Crippen molar-refractivity contribution in [3.8, 4) is 0 Å². The van der Waals surface area contributed by atoms with Crippen LogP contribution in [0.3, 0.4) is 0 Å². The lowest BCUT2D eigenvalue weighted by Gasteiger charge is -2.27. The minimum absolute atomic E-state index is 0.0710. The monoisotopic (exact) mass is 773 g/mol. The Morgan fingerprint density at radius 1 is 0.740 bits per heavy atom. The Labute approximate surface area is 314 Å². The molecule has 2 heterocycles. The first-order valence-electron chi connectivity index (χ1n) is 19.1. The highest BCUT2D eigenvalue weighted by Gasteiger charge is 2.45. The molecule has 4 aromatic carbocycles. The Kier molecular flexibility index (Phi) is 10.00. The quantitative estimate of drug-likeness (QED) is 0.0884. The van der Waals surface area contributed by atoms with Crippen LogP contribution in [0, 0.1) is 0 Å². The summed E-state index contributed by atoms with van der Waals surface area (Å²) in [5, 5.41) is 5.45. The SMILES string of the molecule is CCCCN1/C(=C/C=C2\CCCC(/C=C/C3=[N+](CCCC)c4ccc5ccccc5c4C3(C)C)=C2CI)C(C)(C)c2c1ccc1ccccc21. The average Bonchev–Trinajstić information content (AvgIpc) is 3.49. The van der Waals surface area contributed by atoms with Crippen LogP contribution in [0.2, 0.25) is 0 Å². The van der Waals surface area contributed by atoms with Gasteiger partial charge in [0.1, 0.15) is 6.54 Å². The van der Waals surface area contributed by atoms with Crippen LogP contribution in [-0.4, -0.2) is 27.8 Å². The molecular formula is C47H54IN2+. The van der Waals surface area contributed by atoms with E-state index in [0.717, 1.165) is 30.4 Å². The van der Waals surface area contributed by atoms with E-state index in [1.54, 1.807) is 0 Å². The second-order valence-corrected chi connectivity index (χ2v) is 16.3. The zero-order valence-electron chi connectivity index (χ0n) is 31.1. The number of unbranched alkanes of at least 4 members (excludes halogenated alkanes) is 2. The van der Waals surface area contributed by atoms with Gasteiger partial charge < -0.3 is 4.90 Å². The molecule has 258 valence electrons. The van der Waals surface area contributed by atoms with Gasteiger partial charge in [-0.1, -0.05) is 130 Å². The molecule has 4 aromatic rings. The summed E-state index contributed by atoms with van der Waals surface area (Å²) in [7, 11) is 0. The highest BCUT2D eigenvalue weighted by molar-refractivity contribution is 14.1. The van der Waals surface area contributed by atoms with E-state index in [9.17, 15) is 0 Å². The van der Waals surface area contributed by atoms with Crippen molar-refractivity contribution >= 4 is 61.2 Å². The van der Waals surface area contributed by atoms with Crippen molar-refractivity contribution in [2.75, 3.05) is 22.4 Å². The van der Waals surface area contributed by atoms with Crippen molar-refractivity contribution in [1.82, 2.24) is 0 Å². The van der Waals surface area contributed by atoms with Gasteiger partial charge in [0.25, 0.3) is 0 Å². The van der Waals surface area contributed by atoms with Gasteiger partial charge >= 0.3 is 0 Å². The molecule has 0 saturated heterocycles. The van der Waals surface area contributed by atoms with Crippen LogP contribution in [-0.2, 0) is 10.8 Å². The predicted molar refractivity (Wildman–Crippen MR) is 226 cm³/mol. The van der Waals surface area contributed by atoms with Gasteiger partial charge in [0.05, 0.1) is 5.41 Å². The summed E-state index contributed by atoms with van der Waals surface area (Å²) < 4.78 is 3.66. The van der Waals surface area contributed by atoms with Gasteiger partial charge in [0.2, 0.25) is 5.69 Å². The van der Waals surface area contributed by atoms with Gasteiger partial charge in [-0.2, -0.15) is 4.58 Å². The number of hydrogen-bond donors (Lipinski definition) is 0. The highest BCUT2D eigenvalue weighted by Crippen LogP contribution is 2.51. The average molecular weight is 774 g/mol. The third-order valence-corrected chi connectivity index (χ3v) is 12.4. The van der Waals surface area contributed by atoms with E-state index in [-0.39, 0.29) is 10.8 Å². The molecule has 3 heteroatoms. The zero-order chi connectivity index (χ0) is 35.0. The number of hydrogen-bond acceptors (Lipinski definition) is 1. The van der Waals surface area contributed by atoms with E-state index in [1.807, 2.05) is 0 Å². The Bertz CT molecular complexity index is 2100. The third kappa shape index (κ3) is 6.02. The van der Waals surface area contributed by atoms with Crippen molar-refractivity contribution < 1.29 is 4.58 Å². The normalized spacial score (nSPS) is 19.9. The van der Waals surface area contributed by atoms with E-state index < -0.39 is 0 Å². The number of nitrogens with zero attached hydrogens (tertiary/aromatic N) is 2. The summed E-state index contributed by atoms with van der Waals surface area (Å²) >= 11 is 2.61. The molecule has 0 unspecified atom stereocenters. The van der Waals surface area contributed by atoms with Crippen LogP contribution < -0.4 is 4.90 Å². The fourth-order valence-corrected chi connectivity index (χ4v) is 10.0. The molecule has 0 atom stereocenters. The van der Waals surface area contributed by atoms with Crippen molar-refractivity contribution in [3.63, 3.8) is 0 Å². The number of halogens is 1. The summed E-state index contributed by atoms with van der Waals surface area (Å²) in [4.78, 5) is 2.63. The fourth-order valence-electron chi connectivity index (χ4n) is 9.06. The van der Waals surface area contributed by atoms with Gasteiger partial charge in [-0.3, -0.25) is 0 Å².